The second kappa shape index (κ2) is 9.74. The number of aliphatic hydroxyl groups excluding tert-OH is 1. The van der Waals surface area contributed by atoms with Crippen molar-refractivity contribution in [2.45, 2.75) is 32.4 Å². The Balaban J connectivity index is 1.53. The van der Waals surface area contributed by atoms with E-state index in [0.29, 0.717) is 46.3 Å². The SMILES string of the molecule is CCOc1cccc(C2C(=C(O)c3ccc4c(c3)CC(C)O4)C(=O)C(=O)N2c2nc3ccc(OC)cc3s2)c1. The van der Waals surface area contributed by atoms with E-state index in [9.17, 15) is 14.7 Å². The normalized spacial score (nSPS) is 19.8. The van der Waals surface area contributed by atoms with Crippen LogP contribution in [0, 0.1) is 0 Å². The summed E-state index contributed by atoms with van der Waals surface area (Å²) in [5.74, 6) is 0.237. The van der Waals surface area contributed by atoms with Crippen LogP contribution in [0.15, 0.2) is 66.2 Å². The number of hydrogen-bond donors (Lipinski definition) is 1. The number of aromatic nitrogens is 1. The molecular weight excluding hydrogens is 516 g/mol. The van der Waals surface area contributed by atoms with E-state index in [1.165, 1.54) is 16.2 Å². The molecule has 1 amide bonds. The molecule has 3 heterocycles. The number of rotatable bonds is 6. The summed E-state index contributed by atoms with van der Waals surface area (Å²) in [7, 11) is 1.58. The number of ether oxygens (including phenoxy) is 3. The molecule has 0 spiro atoms. The van der Waals surface area contributed by atoms with Gasteiger partial charge in [-0.15, -0.1) is 0 Å². The van der Waals surface area contributed by atoms with Gasteiger partial charge in [0.25, 0.3) is 5.78 Å². The minimum atomic E-state index is -0.906. The van der Waals surface area contributed by atoms with Gasteiger partial charge < -0.3 is 19.3 Å². The summed E-state index contributed by atoms with van der Waals surface area (Å²) in [4.78, 5) is 33.2. The van der Waals surface area contributed by atoms with Gasteiger partial charge in [0.1, 0.15) is 29.1 Å². The van der Waals surface area contributed by atoms with E-state index in [1.54, 1.807) is 37.4 Å². The first kappa shape index (κ1) is 24.9. The van der Waals surface area contributed by atoms with Gasteiger partial charge in [-0.3, -0.25) is 14.5 Å². The first-order valence-corrected chi connectivity index (χ1v) is 13.5. The zero-order valence-corrected chi connectivity index (χ0v) is 22.5. The number of benzene rings is 3. The molecule has 2 aliphatic rings. The fourth-order valence-electron chi connectivity index (χ4n) is 5.13. The molecule has 4 aromatic rings. The number of ketones is 1. The van der Waals surface area contributed by atoms with Crippen LogP contribution < -0.4 is 19.1 Å². The van der Waals surface area contributed by atoms with E-state index in [-0.39, 0.29) is 17.4 Å². The summed E-state index contributed by atoms with van der Waals surface area (Å²) >= 11 is 1.28. The number of Topliss-reactive ketones (excluding diaryl/α,β-unsaturated/α-hetero) is 1. The fourth-order valence-corrected chi connectivity index (χ4v) is 6.15. The number of fused-ring (bicyclic) bond motifs is 2. The Morgan fingerprint density at radius 3 is 2.77 bits per heavy atom. The molecule has 1 N–H and O–H groups in total. The minimum absolute atomic E-state index is 0.00241. The number of thiazole rings is 1. The molecule has 39 heavy (non-hydrogen) atoms. The molecule has 2 aliphatic heterocycles. The van der Waals surface area contributed by atoms with Crippen LogP contribution in [0.4, 0.5) is 5.13 Å². The third-order valence-electron chi connectivity index (χ3n) is 6.89. The van der Waals surface area contributed by atoms with Crippen LogP contribution in [-0.2, 0) is 16.0 Å². The number of nitrogens with zero attached hydrogens (tertiary/aromatic N) is 2. The molecule has 0 aliphatic carbocycles. The molecular formula is C30H26N2O6S. The van der Waals surface area contributed by atoms with Crippen molar-refractivity contribution < 1.29 is 28.9 Å². The predicted molar refractivity (Wildman–Crippen MR) is 149 cm³/mol. The summed E-state index contributed by atoms with van der Waals surface area (Å²) in [5, 5.41) is 11.9. The lowest BCUT2D eigenvalue weighted by Crippen LogP contribution is -2.29. The topological polar surface area (TPSA) is 98.2 Å². The van der Waals surface area contributed by atoms with Gasteiger partial charge in [0.05, 0.1) is 35.5 Å². The van der Waals surface area contributed by atoms with E-state index in [1.807, 2.05) is 44.2 Å². The van der Waals surface area contributed by atoms with E-state index >= 15 is 0 Å². The van der Waals surface area contributed by atoms with Gasteiger partial charge in [-0.1, -0.05) is 23.5 Å². The largest absolute Gasteiger partial charge is 0.507 e. The Labute approximate surface area is 229 Å². The number of anilines is 1. The summed E-state index contributed by atoms with van der Waals surface area (Å²) in [5.41, 5.74) is 2.68. The van der Waals surface area contributed by atoms with Crippen molar-refractivity contribution in [2.24, 2.45) is 0 Å². The lowest BCUT2D eigenvalue weighted by Gasteiger charge is -2.23. The van der Waals surface area contributed by atoms with E-state index in [4.69, 9.17) is 14.2 Å². The molecule has 198 valence electrons. The molecule has 0 saturated carbocycles. The lowest BCUT2D eigenvalue weighted by atomic mass is 9.94. The molecule has 2 atom stereocenters. The maximum atomic E-state index is 13.6. The molecule has 3 aromatic carbocycles. The highest BCUT2D eigenvalue weighted by molar-refractivity contribution is 7.22. The van der Waals surface area contributed by atoms with Crippen LogP contribution in [0.3, 0.4) is 0 Å². The number of hydrogen-bond acceptors (Lipinski definition) is 8. The molecule has 9 heteroatoms. The van der Waals surface area contributed by atoms with Gasteiger partial charge in [-0.25, -0.2) is 4.98 Å². The van der Waals surface area contributed by atoms with E-state index in [2.05, 4.69) is 4.98 Å². The van der Waals surface area contributed by atoms with Crippen molar-refractivity contribution >= 4 is 44.1 Å². The highest BCUT2D eigenvalue weighted by Crippen LogP contribution is 2.45. The van der Waals surface area contributed by atoms with Crippen LogP contribution in [0.25, 0.3) is 16.0 Å². The van der Waals surface area contributed by atoms with E-state index in [0.717, 1.165) is 16.0 Å². The maximum absolute atomic E-state index is 13.6. The molecule has 1 fully saturated rings. The second-order valence-corrected chi connectivity index (χ2v) is 10.5. The average Bonchev–Trinajstić information content (AvgIpc) is 3.60. The quantitative estimate of drug-likeness (QED) is 0.191. The van der Waals surface area contributed by atoms with Crippen molar-refractivity contribution in [2.75, 3.05) is 18.6 Å². The third-order valence-corrected chi connectivity index (χ3v) is 7.91. The summed E-state index contributed by atoms with van der Waals surface area (Å²) in [6, 6.07) is 17.1. The Bertz CT molecular complexity index is 1660. The molecule has 8 nitrogen and oxygen atoms in total. The van der Waals surface area contributed by atoms with Gasteiger partial charge >= 0.3 is 5.91 Å². The van der Waals surface area contributed by atoms with Crippen LogP contribution >= 0.6 is 11.3 Å². The van der Waals surface area contributed by atoms with Crippen LogP contribution in [0.2, 0.25) is 0 Å². The zero-order valence-electron chi connectivity index (χ0n) is 21.6. The zero-order chi connectivity index (χ0) is 27.3. The van der Waals surface area contributed by atoms with E-state index < -0.39 is 17.7 Å². The van der Waals surface area contributed by atoms with Gasteiger partial charge in [0.2, 0.25) is 0 Å². The van der Waals surface area contributed by atoms with Crippen LogP contribution in [0.5, 0.6) is 17.2 Å². The number of amides is 1. The number of methoxy groups -OCH3 is 1. The summed E-state index contributed by atoms with van der Waals surface area (Å²) < 4.78 is 17.6. The number of aliphatic hydroxyl groups is 1. The minimum Gasteiger partial charge on any atom is -0.507 e. The molecule has 0 bridgehead atoms. The van der Waals surface area contributed by atoms with Gasteiger partial charge in [-0.2, -0.15) is 0 Å². The Hall–Kier alpha value is -4.37. The second-order valence-electron chi connectivity index (χ2n) is 9.46. The lowest BCUT2D eigenvalue weighted by molar-refractivity contribution is -0.132. The Morgan fingerprint density at radius 2 is 1.97 bits per heavy atom. The molecule has 6 rings (SSSR count). The molecule has 1 saturated heterocycles. The van der Waals surface area contributed by atoms with Gasteiger partial charge in [0.15, 0.2) is 5.13 Å². The number of carbonyl (C=O) groups is 2. The van der Waals surface area contributed by atoms with Crippen molar-refractivity contribution in [3.05, 3.63) is 82.9 Å². The highest BCUT2D eigenvalue weighted by Gasteiger charge is 2.48. The Kier molecular flexibility index (Phi) is 6.23. The van der Waals surface area contributed by atoms with Crippen LogP contribution in [-0.4, -0.2) is 41.6 Å². The fraction of sp³-hybridized carbons (Fsp3) is 0.233. The Morgan fingerprint density at radius 1 is 1.13 bits per heavy atom. The van der Waals surface area contributed by atoms with Gasteiger partial charge in [0, 0.05) is 12.0 Å². The first-order chi connectivity index (χ1) is 18.9. The average molecular weight is 543 g/mol. The summed E-state index contributed by atoms with van der Waals surface area (Å²) in [6.45, 7) is 4.32. The predicted octanol–water partition coefficient (Wildman–Crippen LogP) is 5.65. The van der Waals surface area contributed by atoms with Crippen molar-refractivity contribution in [3.63, 3.8) is 0 Å². The smallest absolute Gasteiger partial charge is 0.301 e. The number of carbonyl (C=O) groups excluding carboxylic acids is 2. The van der Waals surface area contributed by atoms with Gasteiger partial charge in [-0.05, 0) is 73.5 Å². The molecule has 0 radical (unpaired) electrons. The highest BCUT2D eigenvalue weighted by atomic mass is 32.1. The first-order valence-electron chi connectivity index (χ1n) is 12.7. The van der Waals surface area contributed by atoms with Crippen molar-refractivity contribution in [3.8, 4) is 17.2 Å². The van der Waals surface area contributed by atoms with Crippen molar-refractivity contribution in [1.82, 2.24) is 4.98 Å². The summed E-state index contributed by atoms with van der Waals surface area (Å²) in [6.07, 6.45) is 0.724. The maximum Gasteiger partial charge on any atom is 0.301 e. The monoisotopic (exact) mass is 542 g/mol. The molecule has 2 unspecified atom stereocenters. The standard InChI is InChI=1S/C30H26N2O6S/c1-4-37-21-7-5-6-17(14-21)26-25(27(33)18-8-11-23-19(13-18)12-16(2)38-23)28(34)29(35)32(26)30-31-22-10-9-20(36-3)15-24(22)39-30/h5-11,13-16,26,33H,4,12H2,1-3H3. The van der Waals surface area contributed by atoms with Crippen LogP contribution in [0.1, 0.15) is 36.6 Å². The van der Waals surface area contributed by atoms with Crippen molar-refractivity contribution in [1.29, 1.82) is 0 Å². The molecule has 1 aromatic heterocycles. The third kappa shape index (κ3) is 4.28.